The lowest BCUT2D eigenvalue weighted by Gasteiger charge is -2.41. The van der Waals surface area contributed by atoms with Crippen LogP contribution in [0, 0.1) is 12.3 Å². The second kappa shape index (κ2) is 8.82. The van der Waals surface area contributed by atoms with E-state index in [1.54, 1.807) is 6.07 Å². The van der Waals surface area contributed by atoms with Gasteiger partial charge in [0, 0.05) is 5.57 Å². The molecule has 1 heterocycles. The number of aliphatic hydroxyl groups is 3. The van der Waals surface area contributed by atoms with E-state index in [0.29, 0.717) is 5.56 Å². The van der Waals surface area contributed by atoms with Gasteiger partial charge in [0.15, 0.2) is 11.5 Å². The summed E-state index contributed by atoms with van der Waals surface area (Å²) in [5.74, 6) is 1.82. The van der Waals surface area contributed by atoms with Gasteiger partial charge in [-0.05, 0) is 30.7 Å². The van der Waals surface area contributed by atoms with E-state index < -0.39 is 42.5 Å². The molecule has 29 heavy (non-hydrogen) atoms. The molecule has 5 N–H and O–H groups in total. The molecule has 1 aliphatic heterocycles. The normalized spacial score (nSPS) is 31.6. The highest BCUT2D eigenvalue weighted by Crippen LogP contribution is 2.30. The van der Waals surface area contributed by atoms with Gasteiger partial charge in [-0.25, -0.2) is 0 Å². The SMILES string of the molecule is C#CCOc1ccc(/C=C(\C)C(=O)N[C@@H]2[C@H](O)[C@@H](O)[C@H]3OCO[C@H]3[C@@H]2O)cc1O. The number of amides is 1. The number of ether oxygens (including phenoxy) is 3. The van der Waals surface area contributed by atoms with E-state index in [9.17, 15) is 25.2 Å². The predicted octanol–water partition coefficient (Wildman–Crippen LogP) is -0.870. The van der Waals surface area contributed by atoms with Gasteiger partial charge in [0.25, 0.3) is 0 Å². The Morgan fingerprint density at radius 3 is 2.62 bits per heavy atom. The molecule has 9 heteroatoms. The van der Waals surface area contributed by atoms with Crippen LogP contribution in [-0.2, 0) is 14.3 Å². The molecule has 2 aliphatic rings. The van der Waals surface area contributed by atoms with Crippen molar-refractivity contribution in [1.29, 1.82) is 0 Å². The summed E-state index contributed by atoms with van der Waals surface area (Å²) in [5.41, 5.74) is 0.780. The van der Waals surface area contributed by atoms with Gasteiger partial charge in [0.2, 0.25) is 5.91 Å². The molecule has 0 radical (unpaired) electrons. The van der Waals surface area contributed by atoms with E-state index >= 15 is 0 Å². The van der Waals surface area contributed by atoms with E-state index in [0.717, 1.165) is 0 Å². The van der Waals surface area contributed by atoms with Crippen LogP contribution in [0.1, 0.15) is 12.5 Å². The number of rotatable bonds is 5. The third-order valence-electron chi connectivity index (χ3n) is 4.94. The van der Waals surface area contributed by atoms with E-state index in [4.69, 9.17) is 20.6 Å². The highest BCUT2D eigenvalue weighted by molar-refractivity contribution is 5.97. The number of nitrogens with one attached hydrogen (secondary N) is 1. The summed E-state index contributed by atoms with van der Waals surface area (Å²) in [7, 11) is 0. The van der Waals surface area contributed by atoms with Crippen LogP contribution in [0.15, 0.2) is 23.8 Å². The van der Waals surface area contributed by atoms with Crippen LogP contribution in [-0.4, -0.2) is 76.3 Å². The maximum Gasteiger partial charge on any atom is 0.247 e. The Morgan fingerprint density at radius 1 is 1.28 bits per heavy atom. The number of aromatic hydroxyl groups is 1. The highest BCUT2D eigenvalue weighted by atomic mass is 16.7. The third kappa shape index (κ3) is 4.37. The predicted molar refractivity (Wildman–Crippen MR) is 101 cm³/mol. The number of hydrogen-bond donors (Lipinski definition) is 5. The van der Waals surface area contributed by atoms with Crippen molar-refractivity contribution in [2.45, 2.75) is 43.5 Å². The minimum absolute atomic E-state index is 0.0126. The fraction of sp³-hybridized carbons (Fsp3) is 0.450. The Kier molecular flexibility index (Phi) is 6.42. The lowest BCUT2D eigenvalue weighted by atomic mass is 9.83. The second-order valence-electron chi connectivity index (χ2n) is 6.90. The molecule has 0 spiro atoms. The number of carbonyl (C=O) groups excluding carboxylic acids is 1. The standard InChI is InChI=1S/C20H23NO8/c1-3-6-27-13-5-4-11(8-12(13)22)7-10(2)20(26)21-14-15(23)17(25)19-18(16(14)24)28-9-29-19/h1,4-5,7-8,14-19,22-25H,6,9H2,2H3,(H,21,26)/b10-7+/t14-,15+,16-,17-,18+,19-/m1/s1. The number of benzene rings is 1. The first-order valence-electron chi connectivity index (χ1n) is 8.99. The lowest BCUT2D eigenvalue weighted by molar-refractivity contribution is -0.155. The molecule has 1 aromatic carbocycles. The molecule has 1 saturated heterocycles. The minimum Gasteiger partial charge on any atom is -0.504 e. The number of aliphatic hydroxyl groups excluding tert-OH is 3. The van der Waals surface area contributed by atoms with E-state index in [1.807, 2.05) is 0 Å². The molecule has 3 rings (SSSR count). The number of phenols is 1. The van der Waals surface area contributed by atoms with Crippen molar-refractivity contribution in [3.05, 3.63) is 29.3 Å². The molecular formula is C20H23NO8. The summed E-state index contributed by atoms with van der Waals surface area (Å²) in [4.78, 5) is 12.5. The van der Waals surface area contributed by atoms with Gasteiger partial charge in [0.05, 0.1) is 6.04 Å². The first-order chi connectivity index (χ1) is 13.8. The van der Waals surface area contributed by atoms with Crippen molar-refractivity contribution in [2.24, 2.45) is 0 Å². The molecule has 2 fully saturated rings. The topological polar surface area (TPSA) is 138 Å². The van der Waals surface area contributed by atoms with Crippen LogP contribution in [0.25, 0.3) is 6.08 Å². The Balaban J connectivity index is 1.70. The zero-order chi connectivity index (χ0) is 21.1. The average Bonchev–Trinajstić information content (AvgIpc) is 3.19. The zero-order valence-corrected chi connectivity index (χ0v) is 15.7. The van der Waals surface area contributed by atoms with Crippen molar-refractivity contribution < 1.29 is 39.4 Å². The summed E-state index contributed by atoms with van der Waals surface area (Å²) in [6.45, 7) is 1.43. The highest BCUT2D eigenvalue weighted by Gasteiger charge is 2.53. The quantitative estimate of drug-likeness (QED) is 0.315. The van der Waals surface area contributed by atoms with Crippen LogP contribution >= 0.6 is 0 Å². The molecule has 1 aromatic rings. The Morgan fingerprint density at radius 2 is 1.97 bits per heavy atom. The van der Waals surface area contributed by atoms with Gasteiger partial charge in [-0.2, -0.15) is 0 Å². The van der Waals surface area contributed by atoms with Gasteiger partial charge < -0.3 is 40.0 Å². The first-order valence-corrected chi connectivity index (χ1v) is 8.99. The number of carbonyl (C=O) groups is 1. The van der Waals surface area contributed by atoms with Crippen LogP contribution in [0.3, 0.4) is 0 Å². The summed E-state index contributed by atoms with van der Waals surface area (Å²) < 4.78 is 15.6. The molecular weight excluding hydrogens is 382 g/mol. The van der Waals surface area contributed by atoms with Crippen LogP contribution < -0.4 is 10.1 Å². The van der Waals surface area contributed by atoms with Gasteiger partial charge >= 0.3 is 0 Å². The lowest BCUT2D eigenvalue weighted by Crippen LogP contribution is -2.67. The van der Waals surface area contributed by atoms with Crippen LogP contribution in [0.5, 0.6) is 11.5 Å². The molecule has 9 nitrogen and oxygen atoms in total. The molecule has 1 amide bonds. The molecule has 0 aromatic heterocycles. The molecule has 0 unspecified atom stereocenters. The summed E-state index contributed by atoms with van der Waals surface area (Å²) in [5, 5.41) is 43.3. The van der Waals surface area contributed by atoms with Crippen molar-refractivity contribution >= 4 is 12.0 Å². The fourth-order valence-corrected chi connectivity index (χ4v) is 3.40. The maximum atomic E-state index is 12.5. The molecule has 1 aliphatic carbocycles. The van der Waals surface area contributed by atoms with Gasteiger partial charge in [-0.1, -0.05) is 12.0 Å². The zero-order valence-electron chi connectivity index (χ0n) is 15.7. The Labute approximate surface area is 167 Å². The molecule has 156 valence electrons. The first kappa shape index (κ1) is 21.1. The minimum atomic E-state index is -1.43. The molecule has 6 atom stereocenters. The fourth-order valence-electron chi connectivity index (χ4n) is 3.40. The van der Waals surface area contributed by atoms with E-state index in [2.05, 4.69) is 11.2 Å². The average molecular weight is 405 g/mol. The van der Waals surface area contributed by atoms with E-state index in [1.165, 1.54) is 25.1 Å². The Bertz CT molecular complexity index is 832. The maximum absolute atomic E-state index is 12.5. The van der Waals surface area contributed by atoms with Crippen LogP contribution in [0.2, 0.25) is 0 Å². The number of fused-ring (bicyclic) bond motifs is 1. The number of terminal acetylenes is 1. The van der Waals surface area contributed by atoms with Crippen molar-refractivity contribution in [3.8, 4) is 23.8 Å². The summed E-state index contributed by atoms with van der Waals surface area (Å²) in [6, 6.07) is 3.42. The third-order valence-corrected chi connectivity index (χ3v) is 4.94. The summed E-state index contributed by atoms with van der Waals surface area (Å²) in [6.07, 6.45) is 0.916. The smallest absolute Gasteiger partial charge is 0.247 e. The van der Waals surface area contributed by atoms with Gasteiger partial charge in [0.1, 0.15) is 43.9 Å². The molecule has 1 saturated carbocycles. The molecule has 0 bridgehead atoms. The van der Waals surface area contributed by atoms with Crippen molar-refractivity contribution in [2.75, 3.05) is 13.4 Å². The van der Waals surface area contributed by atoms with Crippen molar-refractivity contribution in [3.63, 3.8) is 0 Å². The number of hydrogen-bond acceptors (Lipinski definition) is 8. The van der Waals surface area contributed by atoms with Crippen LogP contribution in [0.4, 0.5) is 0 Å². The Hall–Kier alpha value is -2.61. The largest absolute Gasteiger partial charge is 0.504 e. The summed E-state index contributed by atoms with van der Waals surface area (Å²) >= 11 is 0. The van der Waals surface area contributed by atoms with E-state index in [-0.39, 0.29) is 30.5 Å². The van der Waals surface area contributed by atoms with Crippen molar-refractivity contribution in [1.82, 2.24) is 5.32 Å². The van der Waals surface area contributed by atoms with Gasteiger partial charge in [-0.15, -0.1) is 6.42 Å². The second-order valence-corrected chi connectivity index (χ2v) is 6.90. The number of phenolic OH excluding ortho intramolecular Hbond substituents is 1. The monoisotopic (exact) mass is 405 g/mol. The van der Waals surface area contributed by atoms with Gasteiger partial charge in [-0.3, -0.25) is 4.79 Å².